The highest BCUT2D eigenvalue weighted by Gasteiger charge is 2.07. The molecular formula is C16H16ClFN2O. The van der Waals surface area contributed by atoms with Crippen LogP contribution in [0.15, 0.2) is 30.5 Å². The Morgan fingerprint density at radius 3 is 2.86 bits per heavy atom. The van der Waals surface area contributed by atoms with Crippen LogP contribution in [0.2, 0.25) is 0 Å². The first-order valence-corrected chi connectivity index (χ1v) is 7.15. The van der Waals surface area contributed by atoms with Crippen molar-refractivity contribution in [1.82, 2.24) is 9.78 Å². The maximum Gasteiger partial charge on any atom is 0.165 e. The van der Waals surface area contributed by atoms with Crippen LogP contribution in [-0.2, 0) is 6.61 Å². The molecule has 0 aliphatic carbocycles. The monoisotopic (exact) mass is 306 g/mol. The maximum absolute atomic E-state index is 13.7. The second-order valence-electron chi connectivity index (χ2n) is 4.75. The van der Waals surface area contributed by atoms with Gasteiger partial charge in [-0.25, -0.2) is 4.39 Å². The predicted octanol–water partition coefficient (Wildman–Crippen LogP) is 3.77. The zero-order chi connectivity index (χ0) is 15.2. The van der Waals surface area contributed by atoms with E-state index in [1.807, 2.05) is 30.8 Å². The third kappa shape index (κ3) is 4.24. The molecule has 0 unspecified atom stereocenters. The van der Waals surface area contributed by atoms with Gasteiger partial charge in [0.15, 0.2) is 11.6 Å². The first-order chi connectivity index (χ1) is 10.1. The van der Waals surface area contributed by atoms with E-state index in [9.17, 15) is 4.39 Å². The van der Waals surface area contributed by atoms with Crippen LogP contribution < -0.4 is 4.74 Å². The SMILES string of the molecule is CC(C)n1ccc(COc2cc(C#CCCl)ccc2F)n1. The summed E-state index contributed by atoms with van der Waals surface area (Å²) in [5.74, 6) is 5.53. The van der Waals surface area contributed by atoms with Gasteiger partial charge in [-0.2, -0.15) is 5.10 Å². The minimum atomic E-state index is -0.422. The molecule has 110 valence electrons. The Hall–Kier alpha value is -1.99. The van der Waals surface area contributed by atoms with E-state index in [1.54, 1.807) is 12.1 Å². The molecule has 0 fully saturated rings. The molecule has 1 aromatic heterocycles. The van der Waals surface area contributed by atoms with Gasteiger partial charge in [0.1, 0.15) is 6.61 Å². The molecule has 0 amide bonds. The van der Waals surface area contributed by atoms with Gasteiger partial charge in [0.2, 0.25) is 0 Å². The molecule has 3 nitrogen and oxygen atoms in total. The fourth-order valence-corrected chi connectivity index (χ4v) is 1.79. The van der Waals surface area contributed by atoms with E-state index in [-0.39, 0.29) is 24.3 Å². The number of rotatable bonds is 4. The molecule has 2 rings (SSSR count). The highest BCUT2D eigenvalue weighted by molar-refractivity contribution is 6.19. The number of ether oxygens (including phenoxy) is 1. The van der Waals surface area contributed by atoms with Crippen LogP contribution >= 0.6 is 11.6 Å². The summed E-state index contributed by atoms with van der Waals surface area (Å²) < 4.78 is 21.0. The Labute approximate surface area is 128 Å². The van der Waals surface area contributed by atoms with E-state index in [1.165, 1.54) is 6.07 Å². The summed E-state index contributed by atoms with van der Waals surface area (Å²) in [6.07, 6.45) is 1.88. The molecule has 0 N–H and O–H groups in total. The largest absolute Gasteiger partial charge is 0.484 e. The van der Waals surface area contributed by atoms with Gasteiger partial charge < -0.3 is 4.74 Å². The van der Waals surface area contributed by atoms with Gasteiger partial charge in [0, 0.05) is 17.8 Å². The molecule has 0 aliphatic rings. The summed E-state index contributed by atoms with van der Waals surface area (Å²) in [5.41, 5.74) is 1.42. The maximum atomic E-state index is 13.7. The number of benzene rings is 1. The van der Waals surface area contributed by atoms with Gasteiger partial charge in [-0.15, -0.1) is 11.6 Å². The second kappa shape index (κ2) is 7.14. The summed E-state index contributed by atoms with van der Waals surface area (Å²) in [7, 11) is 0. The minimum Gasteiger partial charge on any atom is -0.484 e. The van der Waals surface area contributed by atoms with Crippen LogP contribution in [0.25, 0.3) is 0 Å². The quantitative estimate of drug-likeness (QED) is 0.635. The fourth-order valence-electron chi connectivity index (χ4n) is 1.72. The Bertz CT molecular complexity index is 670. The van der Waals surface area contributed by atoms with Crippen molar-refractivity contribution < 1.29 is 9.13 Å². The average molecular weight is 307 g/mol. The minimum absolute atomic E-state index is 0.162. The van der Waals surface area contributed by atoms with Crippen molar-refractivity contribution in [3.63, 3.8) is 0 Å². The van der Waals surface area contributed by atoms with E-state index in [4.69, 9.17) is 16.3 Å². The van der Waals surface area contributed by atoms with Crippen molar-refractivity contribution in [1.29, 1.82) is 0 Å². The Morgan fingerprint density at radius 1 is 1.38 bits per heavy atom. The van der Waals surface area contributed by atoms with Crippen LogP contribution in [0.1, 0.15) is 31.1 Å². The molecular weight excluding hydrogens is 291 g/mol. The summed E-state index contributed by atoms with van der Waals surface area (Å²) in [6.45, 7) is 4.29. The lowest BCUT2D eigenvalue weighted by atomic mass is 10.2. The molecule has 0 saturated heterocycles. The second-order valence-corrected chi connectivity index (χ2v) is 5.02. The number of hydrogen-bond donors (Lipinski definition) is 0. The molecule has 0 radical (unpaired) electrons. The summed E-state index contributed by atoms with van der Waals surface area (Å²) in [6, 6.07) is 6.63. The van der Waals surface area contributed by atoms with Crippen molar-refractivity contribution in [2.45, 2.75) is 26.5 Å². The van der Waals surface area contributed by atoms with Gasteiger partial charge in [-0.1, -0.05) is 11.8 Å². The molecule has 21 heavy (non-hydrogen) atoms. The van der Waals surface area contributed by atoms with Gasteiger partial charge >= 0.3 is 0 Å². The molecule has 0 bridgehead atoms. The molecule has 0 spiro atoms. The number of aromatic nitrogens is 2. The Morgan fingerprint density at radius 2 is 2.19 bits per heavy atom. The van der Waals surface area contributed by atoms with Crippen LogP contribution in [0, 0.1) is 17.7 Å². The summed E-state index contributed by atoms with van der Waals surface area (Å²) >= 11 is 5.50. The molecule has 5 heteroatoms. The Kier molecular flexibility index (Phi) is 5.24. The lowest BCUT2D eigenvalue weighted by molar-refractivity contribution is 0.283. The highest BCUT2D eigenvalue weighted by atomic mass is 35.5. The fraction of sp³-hybridized carbons (Fsp3) is 0.312. The van der Waals surface area contributed by atoms with Crippen LogP contribution in [0.4, 0.5) is 4.39 Å². The van der Waals surface area contributed by atoms with Crippen molar-refractivity contribution >= 4 is 11.6 Å². The summed E-state index contributed by atoms with van der Waals surface area (Å²) in [5, 5.41) is 4.35. The zero-order valence-electron chi connectivity index (χ0n) is 11.9. The molecule has 0 atom stereocenters. The molecule has 0 saturated carbocycles. The first kappa shape index (κ1) is 15.4. The van der Waals surface area contributed by atoms with Crippen LogP contribution in [-0.4, -0.2) is 15.7 Å². The van der Waals surface area contributed by atoms with Gasteiger partial charge in [0.05, 0.1) is 11.6 Å². The first-order valence-electron chi connectivity index (χ1n) is 6.61. The topological polar surface area (TPSA) is 27.1 Å². The lowest BCUT2D eigenvalue weighted by Gasteiger charge is -2.07. The number of hydrogen-bond acceptors (Lipinski definition) is 2. The predicted molar refractivity (Wildman–Crippen MR) is 80.9 cm³/mol. The lowest BCUT2D eigenvalue weighted by Crippen LogP contribution is -2.04. The zero-order valence-corrected chi connectivity index (χ0v) is 12.7. The van der Waals surface area contributed by atoms with Crippen molar-refractivity contribution in [3.8, 4) is 17.6 Å². The smallest absolute Gasteiger partial charge is 0.165 e. The van der Waals surface area contributed by atoms with Gasteiger partial charge in [0.25, 0.3) is 0 Å². The number of nitrogens with zero attached hydrogens (tertiary/aromatic N) is 2. The van der Waals surface area contributed by atoms with Crippen LogP contribution in [0.5, 0.6) is 5.75 Å². The molecule has 1 aromatic carbocycles. The van der Waals surface area contributed by atoms with E-state index in [0.29, 0.717) is 5.56 Å². The third-order valence-corrected chi connectivity index (χ3v) is 2.93. The standard InChI is InChI=1S/C16H16ClFN2O/c1-12(2)20-9-7-14(19-20)11-21-16-10-13(4-3-8-17)5-6-15(16)18/h5-7,9-10,12H,8,11H2,1-2H3. The molecule has 1 heterocycles. The van der Waals surface area contributed by atoms with Crippen molar-refractivity contribution in [3.05, 3.63) is 47.5 Å². The molecule has 0 aliphatic heterocycles. The summed E-state index contributed by atoms with van der Waals surface area (Å²) in [4.78, 5) is 0. The Balaban J connectivity index is 2.08. The van der Waals surface area contributed by atoms with Crippen molar-refractivity contribution in [2.24, 2.45) is 0 Å². The number of alkyl halides is 1. The third-order valence-electron chi connectivity index (χ3n) is 2.80. The number of halogens is 2. The highest BCUT2D eigenvalue weighted by Crippen LogP contribution is 2.19. The van der Waals surface area contributed by atoms with Gasteiger partial charge in [-0.05, 0) is 38.1 Å². The van der Waals surface area contributed by atoms with E-state index in [0.717, 1.165) is 5.69 Å². The van der Waals surface area contributed by atoms with Gasteiger partial charge in [-0.3, -0.25) is 4.68 Å². The van der Waals surface area contributed by atoms with Crippen LogP contribution in [0.3, 0.4) is 0 Å². The normalized spacial score (nSPS) is 10.3. The molecule has 2 aromatic rings. The van der Waals surface area contributed by atoms with Crippen molar-refractivity contribution in [2.75, 3.05) is 5.88 Å². The van der Waals surface area contributed by atoms with E-state index < -0.39 is 5.82 Å². The van der Waals surface area contributed by atoms with E-state index in [2.05, 4.69) is 16.9 Å². The average Bonchev–Trinajstić information content (AvgIpc) is 2.94. The van der Waals surface area contributed by atoms with E-state index >= 15 is 0 Å².